The maximum atomic E-state index is 12.7. The van der Waals surface area contributed by atoms with E-state index in [1.165, 1.54) is 0 Å². The maximum Gasteiger partial charge on any atom is 0.231 e. The van der Waals surface area contributed by atoms with E-state index in [4.69, 9.17) is 18.9 Å². The second-order valence-corrected chi connectivity index (χ2v) is 6.39. The molecule has 2 aromatic carbocycles. The van der Waals surface area contributed by atoms with Gasteiger partial charge in [-0.25, -0.2) is 0 Å². The van der Waals surface area contributed by atoms with Gasteiger partial charge in [0.2, 0.25) is 13.6 Å². The second kappa shape index (κ2) is 5.95. The van der Waals surface area contributed by atoms with E-state index >= 15 is 0 Å². The van der Waals surface area contributed by atoms with E-state index in [-0.39, 0.29) is 19.4 Å². The lowest BCUT2D eigenvalue weighted by Crippen LogP contribution is -1.95. The molecule has 2 aliphatic heterocycles. The van der Waals surface area contributed by atoms with Crippen LogP contribution in [0.3, 0.4) is 0 Å². The summed E-state index contributed by atoms with van der Waals surface area (Å²) in [6.07, 6.45) is 5.35. The van der Waals surface area contributed by atoms with Gasteiger partial charge >= 0.3 is 0 Å². The fourth-order valence-corrected chi connectivity index (χ4v) is 3.39. The van der Waals surface area contributed by atoms with Crippen molar-refractivity contribution < 1.29 is 23.7 Å². The molecule has 0 aromatic heterocycles. The van der Waals surface area contributed by atoms with Crippen molar-refractivity contribution in [1.82, 2.24) is 0 Å². The summed E-state index contributed by atoms with van der Waals surface area (Å²) in [6, 6.07) is 11.4. The van der Waals surface area contributed by atoms with Crippen LogP contribution >= 0.6 is 0 Å². The number of hydrogen-bond acceptors (Lipinski definition) is 5. The Bertz CT molecular complexity index is 893. The maximum absolute atomic E-state index is 12.7. The Labute approximate surface area is 150 Å². The van der Waals surface area contributed by atoms with Crippen LogP contribution in [0.4, 0.5) is 0 Å². The van der Waals surface area contributed by atoms with E-state index in [1.807, 2.05) is 48.6 Å². The van der Waals surface area contributed by atoms with Crippen LogP contribution in [0, 0.1) is 0 Å². The minimum absolute atomic E-state index is 0.0975. The minimum atomic E-state index is 0.0975. The second-order valence-electron chi connectivity index (χ2n) is 6.39. The average Bonchev–Trinajstić information content (AvgIpc) is 3.37. The molecule has 2 heterocycles. The van der Waals surface area contributed by atoms with Gasteiger partial charge in [-0.15, -0.1) is 0 Å². The zero-order chi connectivity index (χ0) is 17.5. The van der Waals surface area contributed by atoms with Crippen LogP contribution in [-0.4, -0.2) is 19.4 Å². The number of benzene rings is 2. The first-order valence-corrected chi connectivity index (χ1v) is 8.51. The lowest BCUT2D eigenvalue weighted by molar-refractivity contribution is -0.111. The summed E-state index contributed by atoms with van der Waals surface area (Å²) in [5.74, 6) is 3.03. The molecular weight excluding hydrogens is 332 g/mol. The molecule has 0 amide bonds. The molecule has 0 N–H and O–H groups in total. The van der Waals surface area contributed by atoms with Crippen molar-refractivity contribution in [3.05, 3.63) is 58.7 Å². The third-order valence-electron chi connectivity index (χ3n) is 4.72. The standard InChI is InChI=1S/C21H16O5/c22-21-15(7-13-1-5-17-19(9-13)25-11-23-17)3-4-16(21)8-14-2-6-18-20(10-14)26-12-24-18/h1-2,5-10H,3-4,11-12H2. The molecule has 0 bridgehead atoms. The lowest BCUT2D eigenvalue weighted by Gasteiger charge is -2.01. The van der Waals surface area contributed by atoms with Gasteiger partial charge < -0.3 is 18.9 Å². The summed E-state index contributed by atoms with van der Waals surface area (Å²) >= 11 is 0. The highest BCUT2D eigenvalue weighted by molar-refractivity contribution is 6.15. The van der Waals surface area contributed by atoms with Crippen LogP contribution in [0.5, 0.6) is 23.0 Å². The number of carbonyl (C=O) groups is 1. The number of carbonyl (C=O) groups excluding carboxylic acids is 1. The predicted molar refractivity (Wildman–Crippen MR) is 95.3 cm³/mol. The van der Waals surface area contributed by atoms with Crippen LogP contribution in [0.15, 0.2) is 47.5 Å². The molecule has 1 aliphatic carbocycles. The van der Waals surface area contributed by atoms with Gasteiger partial charge in [-0.2, -0.15) is 0 Å². The number of Topliss-reactive ketones (excluding diaryl/α,β-unsaturated/α-hetero) is 1. The van der Waals surface area contributed by atoms with Gasteiger partial charge in [0.1, 0.15) is 0 Å². The Balaban J connectivity index is 1.40. The van der Waals surface area contributed by atoms with Crippen molar-refractivity contribution in [3.8, 4) is 23.0 Å². The van der Waals surface area contributed by atoms with Crippen molar-refractivity contribution >= 4 is 17.9 Å². The van der Waals surface area contributed by atoms with E-state index in [9.17, 15) is 4.79 Å². The smallest absolute Gasteiger partial charge is 0.231 e. The summed E-state index contributed by atoms with van der Waals surface area (Å²) in [7, 11) is 0. The molecule has 0 atom stereocenters. The fraction of sp³-hybridized carbons (Fsp3) is 0.190. The largest absolute Gasteiger partial charge is 0.454 e. The molecule has 1 fully saturated rings. The molecule has 0 spiro atoms. The summed E-state index contributed by atoms with van der Waals surface area (Å²) < 4.78 is 21.4. The summed E-state index contributed by atoms with van der Waals surface area (Å²) in [5, 5.41) is 0. The Hall–Kier alpha value is -3.21. The van der Waals surface area contributed by atoms with Crippen LogP contribution in [-0.2, 0) is 4.79 Å². The number of fused-ring (bicyclic) bond motifs is 2. The van der Waals surface area contributed by atoms with Crippen molar-refractivity contribution in [3.63, 3.8) is 0 Å². The highest BCUT2D eigenvalue weighted by Gasteiger charge is 2.24. The van der Waals surface area contributed by atoms with E-state index in [2.05, 4.69) is 0 Å². The van der Waals surface area contributed by atoms with Crippen molar-refractivity contribution in [2.75, 3.05) is 13.6 Å². The van der Waals surface area contributed by atoms with Crippen molar-refractivity contribution in [2.45, 2.75) is 12.8 Å². The Morgan fingerprint density at radius 2 is 1.12 bits per heavy atom. The van der Waals surface area contributed by atoms with Crippen molar-refractivity contribution in [1.29, 1.82) is 0 Å². The molecule has 0 radical (unpaired) electrons. The number of ether oxygens (including phenoxy) is 4. The fourth-order valence-electron chi connectivity index (χ4n) is 3.39. The van der Waals surface area contributed by atoms with E-state index in [1.54, 1.807) is 0 Å². The van der Waals surface area contributed by atoms with Crippen LogP contribution in [0.1, 0.15) is 24.0 Å². The normalized spacial score (nSPS) is 20.4. The summed E-state index contributed by atoms with van der Waals surface area (Å²) in [5.41, 5.74) is 3.52. The quantitative estimate of drug-likeness (QED) is 0.769. The van der Waals surface area contributed by atoms with E-state index in [0.29, 0.717) is 0 Å². The topological polar surface area (TPSA) is 54.0 Å². The highest BCUT2D eigenvalue weighted by Crippen LogP contribution is 2.36. The van der Waals surface area contributed by atoms with Gasteiger partial charge in [-0.1, -0.05) is 12.1 Å². The van der Waals surface area contributed by atoms with Crippen LogP contribution < -0.4 is 18.9 Å². The zero-order valence-corrected chi connectivity index (χ0v) is 14.0. The third-order valence-corrected chi connectivity index (χ3v) is 4.72. The Morgan fingerprint density at radius 1 is 0.654 bits per heavy atom. The summed E-state index contributed by atoms with van der Waals surface area (Å²) in [6.45, 7) is 0.493. The average molecular weight is 348 g/mol. The van der Waals surface area contributed by atoms with Gasteiger partial charge in [0.05, 0.1) is 0 Å². The molecule has 3 aliphatic rings. The SMILES string of the molecule is O=C1C(=Cc2ccc3c(c2)OCO3)CCC1=Cc1ccc2c(c1)OCO2. The molecule has 0 unspecified atom stereocenters. The molecule has 0 saturated heterocycles. The van der Waals surface area contributed by atoms with Crippen LogP contribution in [0.2, 0.25) is 0 Å². The molecule has 5 nitrogen and oxygen atoms in total. The Morgan fingerprint density at radius 3 is 1.62 bits per heavy atom. The van der Waals surface area contributed by atoms with Gasteiger partial charge in [0, 0.05) is 11.1 Å². The van der Waals surface area contributed by atoms with Gasteiger partial charge in [-0.05, 0) is 60.4 Å². The van der Waals surface area contributed by atoms with Gasteiger partial charge in [-0.3, -0.25) is 4.79 Å². The first kappa shape index (κ1) is 15.1. The number of rotatable bonds is 2. The summed E-state index contributed by atoms with van der Waals surface area (Å²) in [4.78, 5) is 12.7. The van der Waals surface area contributed by atoms with Gasteiger partial charge in [0.15, 0.2) is 28.8 Å². The minimum Gasteiger partial charge on any atom is -0.454 e. The number of ketones is 1. The molecule has 5 rings (SSSR count). The molecule has 2 aromatic rings. The molecular formula is C21H16O5. The first-order chi connectivity index (χ1) is 12.8. The lowest BCUT2D eigenvalue weighted by atomic mass is 10.1. The third kappa shape index (κ3) is 2.62. The highest BCUT2D eigenvalue weighted by atomic mass is 16.7. The van der Waals surface area contributed by atoms with Gasteiger partial charge in [0.25, 0.3) is 0 Å². The van der Waals surface area contributed by atoms with E-state index in [0.717, 1.165) is 58.1 Å². The van der Waals surface area contributed by atoms with E-state index < -0.39 is 0 Å². The molecule has 5 heteroatoms. The number of allylic oxidation sites excluding steroid dienone is 2. The van der Waals surface area contributed by atoms with Crippen LogP contribution in [0.25, 0.3) is 12.2 Å². The molecule has 26 heavy (non-hydrogen) atoms. The Kier molecular flexibility index (Phi) is 3.45. The first-order valence-electron chi connectivity index (χ1n) is 8.51. The number of hydrogen-bond donors (Lipinski definition) is 0. The molecule has 1 saturated carbocycles. The predicted octanol–water partition coefficient (Wildman–Crippen LogP) is 3.97. The van der Waals surface area contributed by atoms with Crippen molar-refractivity contribution in [2.24, 2.45) is 0 Å². The monoisotopic (exact) mass is 348 g/mol. The molecule has 130 valence electrons. The zero-order valence-electron chi connectivity index (χ0n) is 14.0.